The van der Waals surface area contributed by atoms with E-state index >= 15 is 0 Å². The maximum absolute atomic E-state index is 13.3. The molecule has 7 heteroatoms. The molecule has 1 aromatic carbocycles. The lowest BCUT2D eigenvalue weighted by Gasteiger charge is -2.40. The van der Waals surface area contributed by atoms with Crippen molar-refractivity contribution < 1.29 is 9.59 Å². The highest BCUT2D eigenvalue weighted by molar-refractivity contribution is 6.01. The number of pyridine rings is 1. The van der Waals surface area contributed by atoms with Crippen molar-refractivity contribution in [3.8, 4) is 0 Å². The second-order valence-corrected chi connectivity index (χ2v) is 7.88. The Bertz CT molecular complexity index is 1080. The SMILES string of the molecule is O=C(c1cnc2c(c1)ncn2Cc1ccccc1)N1CCCC12CCCNC2=O. The van der Waals surface area contributed by atoms with E-state index in [0.717, 1.165) is 36.9 Å². The number of fused-ring (bicyclic) bond motifs is 1. The predicted octanol–water partition coefficient (Wildman–Crippen LogP) is 2.36. The van der Waals surface area contributed by atoms with Gasteiger partial charge < -0.3 is 14.8 Å². The maximum atomic E-state index is 13.3. The number of benzene rings is 1. The van der Waals surface area contributed by atoms with Gasteiger partial charge in [-0.15, -0.1) is 0 Å². The lowest BCUT2D eigenvalue weighted by molar-refractivity contribution is -0.133. The second-order valence-electron chi connectivity index (χ2n) is 7.88. The van der Waals surface area contributed by atoms with Crippen LogP contribution >= 0.6 is 0 Å². The van der Waals surface area contributed by atoms with Crippen LogP contribution in [0.2, 0.25) is 0 Å². The van der Waals surface area contributed by atoms with Crippen molar-refractivity contribution in [3.05, 3.63) is 60.0 Å². The Labute approximate surface area is 168 Å². The highest BCUT2D eigenvalue weighted by atomic mass is 16.2. The van der Waals surface area contributed by atoms with E-state index in [-0.39, 0.29) is 11.8 Å². The zero-order valence-corrected chi connectivity index (χ0v) is 16.2. The molecule has 148 valence electrons. The van der Waals surface area contributed by atoms with Crippen molar-refractivity contribution in [2.75, 3.05) is 13.1 Å². The number of rotatable bonds is 3. The molecule has 0 aliphatic carbocycles. The molecule has 1 spiro atoms. The van der Waals surface area contributed by atoms with Gasteiger partial charge in [0.15, 0.2) is 5.65 Å². The quantitative estimate of drug-likeness (QED) is 0.746. The number of amides is 2. The Morgan fingerprint density at radius 3 is 2.79 bits per heavy atom. The molecule has 5 rings (SSSR count). The van der Waals surface area contributed by atoms with Crippen LogP contribution < -0.4 is 5.32 Å². The lowest BCUT2D eigenvalue weighted by Crippen LogP contribution is -2.60. The largest absolute Gasteiger partial charge is 0.354 e. The summed E-state index contributed by atoms with van der Waals surface area (Å²) >= 11 is 0. The number of hydrogen-bond donors (Lipinski definition) is 1. The summed E-state index contributed by atoms with van der Waals surface area (Å²) in [6, 6.07) is 11.9. The molecule has 2 fully saturated rings. The molecule has 2 aliphatic heterocycles. The van der Waals surface area contributed by atoms with E-state index in [2.05, 4.69) is 27.4 Å². The molecule has 0 radical (unpaired) electrons. The van der Waals surface area contributed by atoms with Crippen LogP contribution in [0.15, 0.2) is 48.9 Å². The number of carbonyl (C=O) groups excluding carboxylic acids is 2. The van der Waals surface area contributed by atoms with Gasteiger partial charge in [-0.25, -0.2) is 9.97 Å². The molecule has 1 unspecified atom stereocenters. The predicted molar refractivity (Wildman–Crippen MR) is 108 cm³/mol. The molecule has 0 bridgehead atoms. The molecule has 7 nitrogen and oxygen atoms in total. The van der Waals surface area contributed by atoms with Gasteiger partial charge in [0, 0.05) is 19.3 Å². The molecule has 2 saturated heterocycles. The fourth-order valence-corrected chi connectivity index (χ4v) is 4.65. The van der Waals surface area contributed by atoms with E-state index < -0.39 is 5.54 Å². The van der Waals surface area contributed by atoms with Crippen molar-refractivity contribution in [2.45, 2.75) is 37.8 Å². The van der Waals surface area contributed by atoms with E-state index in [1.807, 2.05) is 22.8 Å². The summed E-state index contributed by atoms with van der Waals surface area (Å²) in [6.45, 7) is 1.97. The number of likely N-dealkylation sites (tertiary alicyclic amines) is 1. The Hall–Kier alpha value is -3.22. The van der Waals surface area contributed by atoms with Crippen LogP contribution in [-0.2, 0) is 11.3 Å². The fourth-order valence-electron chi connectivity index (χ4n) is 4.65. The maximum Gasteiger partial charge on any atom is 0.256 e. The van der Waals surface area contributed by atoms with Crippen molar-refractivity contribution in [2.24, 2.45) is 0 Å². The Kier molecular flexibility index (Phi) is 4.30. The summed E-state index contributed by atoms with van der Waals surface area (Å²) in [5, 5.41) is 2.94. The summed E-state index contributed by atoms with van der Waals surface area (Å²) < 4.78 is 1.98. The molecule has 0 saturated carbocycles. The van der Waals surface area contributed by atoms with Gasteiger partial charge in [0.2, 0.25) is 5.91 Å². The first-order valence-corrected chi connectivity index (χ1v) is 10.1. The van der Waals surface area contributed by atoms with Gasteiger partial charge in [0.1, 0.15) is 11.1 Å². The minimum atomic E-state index is -0.697. The summed E-state index contributed by atoms with van der Waals surface area (Å²) in [5.41, 5.74) is 2.39. The minimum absolute atomic E-state index is 0.0178. The van der Waals surface area contributed by atoms with E-state index in [1.165, 1.54) is 0 Å². The standard InChI is InChI=1S/C22H23N5O2/c28-20(27-11-5-9-22(27)8-4-10-23-21(22)29)17-12-18-19(24-13-17)26(15-25-18)14-16-6-2-1-3-7-16/h1-3,6-7,12-13,15H,4-5,8-11,14H2,(H,23,29). The van der Waals surface area contributed by atoms with Crippen molar-refractivity contribution in [1.82, 2.24) is 24.8 Å². The summed E-state index contributed by atoms with van der Waals surface area (Å²) in [6.07, 6.45) is 6.57. The molecule has 2 amide bonds. The van der Waals surface area contributed by atoms with Crippen LogP contribution in [0.5, 0.6) is 0 Å². The number of nitrogens with zero attached hydrogens (tertiary/aromatic N) is 4. The number of carbonyl (C=O) groups is 2. The first-order valence-electron chi connectivity index (χ1n) is 10.1. The van der Waals surface area contributed by atoms with Crippen molar-refractivity contribution >= 4 is 23.0 Å². The third-order valence-corrected chi connectivity index (χ3v) is 6.11. The van der Waals surface area contributed by atoms with Gasteiger partial charge in [-0.1, -0.05) is 30.3 Å². The molecule has 3 aromatic rings. The number of piperidine rings is 1. The number of nitrogens with one attached hydrogen (secondary N) is 1. The topological polar surface area (TPSA) is 80.1 Å². The van der Waals surface area contributed by atoms with Gasteiger partial charge in [-0.3, -0.25) is 9.59 Å². The highest BCUT2D eigenvalue weighted by Crippen LogP contribution is 2.36. The molecule has 1 N–H and O–H groups in total. The Balaban J connectivity index is 1.43. The lowest BCUT2D eigenvalue weighted by atomic mass is 9.86. The normalized spacial score (nSPS) is 21.7. The average Bonchev–Trinajstić information content (AvgIpc) is 3.35. The van der Waals surface area contributed by atoms with E-state index in [1.54, 1.807) is 23.5 Å². The Morgan fingerprint density at radius 1 is 1.14 bits per heavy atom. The van der Waals surface area contributed by atoms with Crippen molar-refractivity contribution in [3.63, 3.8) is 0 Å². The second kappa shape index (κ2) is 6.99. The first-order chi connectivity index (χ1) is 14.2. The molecule has 2 aromatic heterocycles. The van der Waals surface area contributed by atoms with Gasteiger partial charge in [-0.05, 0) is 37.3 Å². The smallest absolute Gasteiger partial charge is 0.256 e. The summed E-state index contributed by atoms with van der Waals surface area (Å²) in [7, 11) is 0. The third-order valence-electron chi connectivity index (χ3n) is 6.11. The van der Waals surface area contributed by atoms with Gasteiger partial charge in [0.25, 0.3) is 5.91 Å². The minimum Gasteiger partial charge on any atom is -0.354 e. The van der Waals surface area contributed by atoms with E-state index in [9.17, 15) is 9.59 Å². The first kappa shape index (κ1) is 17.8. The molecular formula is C22H23N5O2. The van der Waals surface area contributed by atoms with Crippen LogP contribution in [0, 0.1) is 0 Å². The van der Waals surface area contributed by atoms with Gasteiger partial charge in [-0.2, -0.15) is 0 Å². The van der Waals surface area contributed by atoms with Crippen LogP contribution in [0.4, 0.5) is 0 Å². The van der Waals surface area contributed by atoms with Crippen LogP contribution in [-0.4, -0.2) is 49.9 Å². The Morgan fingerprint density at radius 2 is 1.97 bits per heavy atom. The van der Waals surface area contributed by atoms with Crippen LogP contribution in [0.25, 0.3) is 11.2 Å². The molecular weight excluding hydrogens is 366 g/mol. The zero-order chi connectivity index (χ0) is 19.8. The molecule has 1 atom stereocenters. The monoisotopic (exact) mass is 389 g/mol. The fraction of sp³-hybridized carbons (Fsp3) is 0.364. The summed E-state index contributed by atoms with van der Waals surface area (Å²) in [5.74, 6) is -0.151. The highest BCUT2D eigenvalue weighted by Gasteiger charge is 2.50. The average molecular weight is 389 g/mol. The number of hydrogen-bond acceptors (Lipinski definition) is 4. The molecule has 4 heterocycles. The molecule has 2 aliphatic rings. The summed E-state index contributed by atoms with van der Waals surface area (Å²) in [4.78, 5) is 36.6. The number of aromatic nitrogens is 3. The van der Waals surface area contributed by atoms with Crippen LogP contribution in [0.3, 0.4) is 0 Å². The zero-order valence-electron chi connectivity index (χ0n) is 16.2. The third kappa shape index (κ3) is 2.97. The van der Waals surface area contributed by atoms with E-state index in [4.69, 9.17) is 0 Å². The van der Waals surface area contributed by atoms with Gasteiger partial charge >= 0.3 is 0 Å². The van der Waals surface area contributed by atoms with E-state index in [0.29, 0.717) is 30.7 Å². The van der Waals surface area contributed by atoms with Crippen LogP contribution in [0.1, 0.15) is 41.6 Å². The van der Waals surface area contributed by atoms with Gasteiger partial charge in [0.05, 0.1) is 18.4 Å². The van der Waals surface area contributed by atoms with Crippen molar-refractivity contribution in [1.29, 1.82) is 0 Å². The molecule has 29 heavy (non-hydrogen) atoms. The number of imidazole rings is 1.